The highest BCUT2D eigenvalue weighted by Gasteiger charge is 2.18. The van der Waals surface area contributed by atoms with Gasteiger partial charge in [-0.15, -0.1) is 0 Å². The maximum atomic E-state index is 13.0. The summed E-state index contributed by atoms with van der Waals surface area (Å²) in [5.74, 6) is -0.122. The van der Waals surface area contributed by atoms with E-state index in [1.165, 1.54) is 0 Å². The molecule has 130 valence electrons. The van der Waals surface area contributed by atoms with Crippen molar-refractivity contribution in [2.75, 3.05) is 5.32 Å². The van der Waals surface area contributed by atoms with E-state index in [4.69, 9.17) is 0 Å². The van der Waals surface area contributed by atoms with Crippen molar-refractivity contribution in [1.29, 1.82) is 0 Å². The van der Waals surface area contributed by atoms with Gasteiger partial charge in [-0.2, -0.15) is 5.10 Å². The van der Waals surface area contributed by atoms with Gasteiger partial charge in [-0.1, -0.05) is 25.1 Å². The maximum absolute atomic E-state index is 13.0. The number of carbonyl (C=O) groups excluding carboxylic acids is 1. The zero-order chi connectivity index (χ0) is 18.1. The highest BCUT2D eigenvalue weighted by Crippen LogP contribution is 2.25. The molecule has 25 heavy (non-hydrogen) atoms. The Labute approximate surface area is 148 Å². The van der Waals surface area contributed by atoms with Gasteiger partial charge in [0.2, 0.25) is 0 Å². The molecule has 0 radical (unpaired) electrons. The second-order valence-corrected chi connectivity index (χ2v) is 6.65. The Kier molecular flexibility index (Phi) is 4.57. The molecule has 0 spiro atoms. The molecular formula is C20H24N4O. The van der Waals surface area contributed by atoms with Crippen molar-refractivity contribution in [1.82, 2.24) is 14.8 Å². The maximum Gasteiger partial charge on any atom is 0.256 e. The van der Waals surface area contributed by atoms with Crippen molar-refractivity contribution < 1.29 is 4.79 Å². The number of nitrogens with one attached hydrogen (secondary N) is 1. The van der Waals surface area contributed by atoms with E-state index in [1.54, 1.807) is 6.20 Å². The van der Waals surface area contributed by atoms with Crippen molar-refractivity contribution in [3.8, 4) is 0 Å². The summed E-state index contributed by atoms with van der Waals surface area (Å²) in [5, 5.41) is 8.29. The number of pyridine rings is 1. The molecule has 3 aromatic rings. The average molecular weight is 336 g/mol. The molecule has 1 amide bonds. The molecule has 5 nitrogen and oxygen atoms in total. The van der Waals surface area contributed by atoms with Gasteiger partial charge in [-0.25, -0.2) is 9.67 Å². The molecule has 0 aliphatic carbocycles. The number of rotatable bonds is 4. The summed E-state index contributed by atoms with van der Waals surface area (Å²) in [6.07, 6.45) is 2.60. The van der Waals surface area contributed by atoms with Gasteiger partial charge in [-0.05, 0) is 51.3 Å². The molecule has 0 saturated carbocycles. The molecule has 1 aromatic carbocycles. The fourth-order valence-electron chi connectivity index (χ4n) is 3.09. The van der Waals surface area contributed by atoms with Crippen molar-refractivity contribution in [3.05, 3.63) is 52.8 Å². The molecule has 0 unspecified atom stereocenters. The van der Waals surface area contributed by atoms with Crippen molar-refractivity contribution in [2.45, 2.75) is 47.1 Å². The molecule has 1 N–H and O–H groups in total. The van der Waals surface area contributed by atoms with E-state index in [0.29, 0.717) is 5.56 Å². The number of carbonyl (C=O) groups is 1. The van der Waals surface area contributed by atoms with Crippen molar-refractivity contribution in [2.24, 2.45) is 0 Å². The highest BCUT2D eigenvalue weighted by molar-refractivity contribution is 6.12. The lowest BCUT2D eigenvalue weighted by Crippen LogP contribution is -2.15. The van der Waals surface area contributed by atoms with Crippen LogP contribution in [0.5, 0.6) is 0 Å². The topological polar surface area (TPSA) is 59.8 Å². The van der Waals surface area contributed by atoms with E-state index >= 15 is 0 Å². The first-order valence-corrected chi connectivity index (χ1v) is 8.67. The molecule has 5 heteroatoms. The van der Waals surface area contributed by atoms with Crippen LogP contribution in [0.1, 0.15) is 54.0 Å². The SMILES string of the molecule is CCc1cccc(C)c1NC(=O)c1cc(C)nc2c1cnn2C(C)C. The minimum atomic E-state index is -0.122. The van der Waals surface area contributed by atoms with Gasteiger partial charge in [0.05, 0.1) is 17.1 Å². The standard InChI is InChI=1S/C20H24N4O/c1-6-15-9-7-8-13(4)18(15)23-20(25)16-10-14(5)22-19-17(16)11-21-24(19)12(2)3/h7-12H,6H2,1-5H3,(H,23,25). The lowest BCUT2D eigenvalue weighted by molar-refractivity contribution is 0.102. The molecule has 0 saturated heterocycles. The van der Waals surface area contributed by atoms with E-state index in [2.05, 4.69) is 36.2 Å². The largest absolute Gasteiger partial charge is 0.321 e. The number of benzene rings is 1. The lowest BCUT2D eigenvalue weighted by Gasteiger charge is -2.14. The average Bonchev–Trinajstić information content (AvgIpc) is 2.99. The van der Waals surface area contributed by atoms with Gasteiger partial charge in [0.15, 0.2) is 5.65 Å². The van der Waals surface area contributed by atoms with Gasteiger partial charge >= 0.3 is 0 Å². The predicted octanol–water partition coefficient (Wildman–Crippen LogP) is 4.44. The second-order valence-electron chi connectivity index (χ2n) is 6.65. The van der Waals surface area contributed by atoms with Gasteiger partial charge in [0.1, 0.15) is 0 Å². The normalized spacial score (nSPS) is 11.3. The molecule has 0 atom stereocenters. The second kappa shape index (κ2) is 6.67. The number of anilines is 1. The zero-order valence-corrected chi connectivity index (χ0v) is 15.4. The van der Waals surface area contributed by atoms with Crippen LogP contribution in [0.3, 0.4) is 0 Å². The van der Waals surface area contributed by atoms with E-state index in [1.807, 2.05) is 42.8 Å². The molecule has 0 aliphatic heterocycles. The Hall–Kier alpha value is -2.69. The van der Waals surface area contributed by atoms with Crippen LogP contribution < -0.4 is 5.32 Å². The molecule has 3 rings (SSSR count). The number of aryl methyl sites for hydroxylation is 3. The predicted molar refractivity (Wildman–Crippen MR) is 101 cm³/mol. The van der Waals surface area contributed by atoms with Crippen LogP contribution in [-0.4, -0.2) is 20.7 Å². The molecule has 0 fully saturated rings. The third-order valence-electron chi connectivity index (χ3n) is 4.41. The first kappa shape index (κ1) is 17.1. The van der Waals surface area contributed by atoms with Gasteiger partial charge in [-0.3, -0.25) is 4.79 Å². The monoisotopic (exact) mass is 336 g/mol. The van der Waals surface area contributed by atoms with Crippen molar-refractivity contribution in [3.63, 3.8) is 0 Å². The number of hydrogen-bond acceptors (Lipinski definition) is 3. The summed E-state index contributed by atoms with van der Waals surface area (Å²) in [5.41, 5.74) is 5.26. The fraction of sp³-hybridized carbons (Fsp3) is 0.350. The Morgan fingerprint density at radius 1 is 1.28 bits per heavy atom. The smallest absolute Gasteiger partial charge is 0.256 e. The van der Waals surface area contributed by atoms with Gasteiger partial charge in [0, 0.05) is 17.4 Å². The van der Waals surface area contributed by atoms with Crippen LogP contribution in [0.15, 0.2) is 30.5 Å². The van der Waals surface area contributed by atoms with Crippen LogP contribution >= 0.6 is 0 Å². The lowest BCUT2D eigenvalue weighted by atomic mass is 10.0. The minimum absolute atomic E-state index is 0.122. The summed E-state index contributed by atoms with van der Waals surface area (Å²) >= 11 is 0. The van der Waals surface area contributed by atoms with E-state index in [0.717, 1.165) is 40.0 Å². The van der Waals surface area contributed by atoms with Crippen molar-refractivity contribution >= 4 is 22.6 Å². The Bertz CT molecular complexity index is 940. The summed E-state index contributed by atoms with van der Waals surface area (Å²) in [6, 6.07) is 8.09. The van der Waals surface area contributed by atoms with Crippen LogP contribution in [0.25, 0.3) is 11.0 Å². The number of nitrogens with zero attached hydrogens (tertiary/aromatic N) is 3. The number of para-hydroxylation sites is 1. The van der Waals surface area contributed by atoms with Gasteiger partial charge < -0.3 is 5.32 Å². The summed E-state index contributed by atoms with van der Waals surface area (Å²) in [4.78, 5) is 17.6. The zero-order valence-electron chi connectivity index (χ0n) is 15.4. The number of fused-ring (bicyclic) bond motifs is 1. The molecule has 0 aliphatic rings. The minimum Gasteiger partial charge on any atom is -0.321 e. The van der Waals surface area contributed by atoms with Gasteiger partial charge in [0.25, 0.3) is 5.91 Å². The number of aromatic nitrogens is 3. The molecule has 2 heterocycles. The first-order valence-electron chi connectivity index (χ1n) is 8.67. The fourth-order valence-corrected chi connectivity index (χ4v) is 3.09. The highest BCUT2D eigenvalue weighted by atomic mass is 16.1. The van der Waals surface area contributed by atoms with Crippen LogP contribution in [-0.2, 0) is 6.42 Å². The van der Waals surface area contributed by atoms with E-state index < -0.39 is 0 Å². The first-order chi connectivity index (χ1) is 11.9. The quantitative estimate of drug-likeness (QED) is 0.766. The third kappa shape index (κ3) is 3.14. The number of hydrogen-bond donors (Lipinski definition) is 1. The Morgan fingerprint density at radius 3 is 2.72 bits per heavy atom. The summed E-state index contributed by atoms with van der Waals surface area (Å²) in [6.45, 7) is 10.1. The van der Waals surface area contributed by atoms with E-state index in [9.17, 15) is 4.79 Å². The van der Waals surface area contributed by atoms with Crippen LogP contribution in [0, 0.1) is 13.8 Å². The van der Waals surface area contributed by atoms with E-state index in [-0.39, 0.29) is 11.9 Å². The summed E-state index contributed by atoms with van der Waals surface area (Å²) < 4.78 is 1.85. The number of amides is 1. The third-order valence-corrected chi connectivity index (χ3v) is 4.41. The summed E-state index contributed by atoms with van der Waals surface area (Å²) in [7, 11) is 0. The molecular weight excluding hydrogens is 312 g/mol. The molecule has 2 aromatic heterocycles. The Morgan fingerprint density at radius 2 is 2.04 bits per heavy atom. The Balaban J connectivity index is 2.07. The molecule has 0 bridgehead atoms. The van der Waals surface area contributed by atoms with Crippen LogP contribution in [0.4, 0.5) is 5.69 Å². The van der Waals surface area contributed by atoms with Crippen LogP contribution in [0.2, 0.25) is 0 Å².